The molecule has 24 heavy (non-hydrogen) atoms. The van der Waals surface area contributed by atoms with Crippen LogP contribution in [0, 0.1) is 0 Å². The molecule has 2 aromatic rings. The second-order valence-electron chi connectivity index (χ2n) is 5.21. The summed E-state index contributed by atoms with van der Waals surface area (Å²) < 4.78 is 4.77. The van der Waals surface area contributed by atoms with Gasteiger partial charge in [-0.25, -0.2) is 9.59 Å². The molecular weight excluding hydrogens is 310 g/mol. The van der Waals surface area contributed by atoms with Crippen LogP contribution < -0.4 is 0 Å². The van der Waals surface area contributed by atoms with Crippen LogP contribution in [0.3, 0.4) is 0 Å². The Morgan fingerprint density at radius 1 is 1.08 bits per heavy atom. The molecule has 0 fully saturated rings. The van der Waals surface area contributed by atoms with Gasteiger partial charge in [-0.1, -0.05) is 24.3 Å². The summed E-state index contributed by atoms with van der Waals surface area (Å²) in [6, 6.07) is 10.7. The number of carboxylic acid groups (broad SMARTS) is 1. The Morgan fingerprint density at radius 2 is 1.83 bits per heavy atom. The van der Waals surface area contributed by atoms with Gasteiger partial charge in [0.25, 0.3) is 0 Å². The number of carboxylic acids is 1. The SMILES string of the molecule is COC(=O)c1ccccc1CCc1ccc(CC(=O)C(=O)O)nc1. The molecule has 0 aliphatic rings. The predicted molar refractivity (Wildman–Crippen MR) is 85.8 cm³/mol. The summed E-state index contributed by atoms with van der Waals surface area (Å²) in [5.41, 5.74) is 2.77. The van der Waals surface area contributed by atoms with Gasteiger partial charge in [0, 0.05) is 11.9 Å². The molecule has 6 heteroatoms. The summed E-state index contributed by atoms with van der Waals surface area (Å²) in [4.78, 5) is 37.5. The van der Waals surface area contributed by atoms with Crippen LogP contribution in [-0.2, 0) is 33.6 Å². The van der Waals surface area contributed by atoms with Gasteiger partial charge in [-0.15, -0.1) is 0 Å². The first kappa shape index (κ1) is 17.3. The first-order valence-electron chi connectivity index (χ1n) is 7.37. The van der Waals surface area contributed by atoms with E-state index in [0.29, 0.717) is 24.1 Å². The third kappa shape index (κ3) is 4.49. The average molecular weight is 327 g/mol. The number of pyridine rings is 1. The molecular formula is C18H17NO5. The molecule has 0 radical (unpaired) electrons. The number of hydrogen-bond donors (Lipinski definition) is 1. The molecule has 0 amide bonds. The first-order chi connectivity index (χ1) is 11.5. The third-order valence-corrected chi connectivity index (χ3v) is 3.57. The Morgan fingerprint density at radius 3 is 2.46 bits per heavy atom. The van der Waals surface area contributed by atoms with E-state index in [1.807, 2.05) is 12.1 Å². The number of Topliss-reactive ketones (excluding diaryl/α,β-unsaturated/α-hetero) is 1. The van der Waals surface area contributed by atoms with Crippen LogP contribution in [0.2, 0.25) is 0 Å². The molecule has 1 aromatic carbocycles. The highest BCUT2D eigenvalue weighted by molar-refractivity contribution is 6.33. The molecule has 0 unspecified atom stereocenters. The van der Waals surface area contributed by atoms with E-state index < -0.39 is 11.8 Å². The van der Waals surface area contributed by atoms with Crippen molar-refractivity contribution in [1.82, 2.24) is 4.98 Å². The zero-order chi connectivity index (χ0) is 17.5. The van der Waals surface area contributed by atoms with Gasteiger partial charge in [-0.3, -0.25) is 9.78 Å². The molecule has 0 aliphatic carbocycles. The standard InChI is InChI=1S/C18H17NO5/c1-24-18(23)15-5-3-2-4-13(15)8-6-12-7-9-14(19-11-12)10-16(20)17(21)22/h2-5,7,9,11H,6,8,10H2,1H3,(H,21,22). The minimum absolute atomic E-state index is 0.221. The van der Waals surface area contributed by atoms with E-state index >= 15 is 0 Å². The fourth-order valence-corrected chi connectivity index (χ4v) is 2.27. The molecule has 2 rings (SSSR count). The van der Waals surface area contributed by atoms with Crippen molar-refractivity contribution in [2.24, 2.45) is 0 Å². The molecule has 1 aromatic heterocycles. The minimum atomic E-state index is -1.46. The average Bonchev–Trinajstić information content (AvgIpc) is 2.60. The van der Waals surface area contributed by atoms with Crippen molar-refractivity contribution in [3.05, 3.63) is 65.0 Å². The van der Waals surface area contributed by atoms with Crippen molar-refractivity contribution in [3.8, 4) is 0 Å². The normalized spacial score (nSPS) is 10.2. The monoisotopic (exact) mass is 327 g/mol. The van der Waals surface area contributed by atoms with Crippen molar-refractivity contribution in [1.29, 1.82) is 0 Å². The van der Waals surface area contributed by atoms with Gasteiger partial charge in [0.2, 0.25) is 5.78 Å². The van der Waals surface area contributed by atoms with Gasteiger partial charge < -0.3 is 9.84 Å². The van der Waals surface area contributed by atoms with E-state index in [-0.39, 0.29) is 12.4 Å². The summed E-state index contributed by atoms with van der Waals surface area (Å²) in [6.45, 7) is 0. The minimum Gasteiger partial charge on any atom is -0.475 e. The van der Waals surface area contributed by atoms with Gasteiger partial charge in [0.15, 0.2) is 0 Å². The van der Waals surface area contributed by atoms with Crippen LogP contribution in [0.1, 0.15) is 27.2 Å². The third-order valence-electron chi connectivity index (χ3n) is 3.57. The molecule has 0 aliphatic heterocycles. The first-order valence-corrected chi connectivity index (χ1v) is 7.37. The van der Waals surface area contributed by atoms with Gasteiger partial charge >= 0.3 is 11.9 Å². The molecule has 0 atom stereocenters. The zero-order valence-corrected chi connectivity index (χ0v) is 13.2. The van der Waals surface area contributed by atoms with E-state index in [4.69, 9.17) is 9.84 Å². The van der Waals surface area contributed by atoms with Crippen LogP contribution >= 0.6 is 0 Å². The van der Waals surface area contributed by atoms with E-state index in [0.717, 1.165) is 11.1 Å². The van der Waals surface area contributed by atoms with E-state index in [1.54, 1.807) is 30.5 Å². The highest BCUT2D eigenvalue weighted by atomic mass is 16.5. The lowest BCUT2D eigenvalue weighted by molar-refractivity contribution is -0.148. The van der Waals surface area contributed by atoms with Crippen LogP contribution in [0.15, 0.2) is 42.6 Å². The second kappa shape index (κ2) is 8.01. The van der Waals surface area contributed by atoms with Crippen molar-refractivity contribution in [3.63, 3.8) is 0 Å². The number of carbonyl (C=O) groups is 3. The number of carbonyl (C=O) groups excluding carboxylic acids is 2. The Balaban J connectivity index is 2.02. The highest BCUT2D eigenvalue weighted by Gasteiger charge is 2.13. The lowest BCUT2D eigenvalue weighted by Crippen LogP contribution is -2.15. The number of ketones is 1. The fourth-order valence-electron chi connectivity index (χ4n) is 2.27. The lowest BCUT2D eigenvalue weighted by atomic mass is 10.0. The number of nitrogens with zero attached hydrogens (tertiary/aromatic N) is 1. The molecule has 6 nitrogen and oxygen atoms in total. The van der Waals surface area contributed by atoms with Gasteiger partial charge in [0.05, 0.1) is 19.1 Å². The maximum Gasteiger partial charge on any atom is 0.372 e. The number of aromatic nitrogens is 1. The number of rotatable bonds is 7. The molecule has 0 saturated carbocycles. The lowest BCUT2D eigenvalue weighted by Gasteiger charge is -2.08. The number of ether oxygens (including phenoxy) is 1. The van der Waals surface area contributed by atoms with Crippen molar-refractivity contribution in [2.75, 3.05) is 7.11 Å². The zero-order valence-electron chi connectivity index (χ0n) is 13.2. The second-order valence-corrected chi connectivity index (χ2v) is 5.21. The van der Waals surface area contributed by atoms with E-state index in [9.17, 15) is 14.4 Å². The molecule has 0 bridgehead atoms. The molecule has 0 spiro atoms. The number of aryl methyl sites for hydroxylation is 2. The van der Waals surface area contributed by atoms with Crippen molar-refractivity contribution in [2.45, 2.75) is 19.3 Å². The number of esters is 1. The van der Waals surface area contributed by atoms with Crippen LogP contribution in [-0.4, -0.2) is 34.9 Å². The Hall–Kier alpha value is -3.02. The maximum atomic E-state index is 11.7. The maximum absolute atomic E-state index is 11.7. The molecule has 0 saturated heterocycles. The Labute approximate surface area is 139 Å². The smallest absolute Gasteiger partial charge is 0.372 e. The van der Waals surface area contributed by atoms with Crippen LogP contribution in [0.25, 0.3) is 0 Å². The number of methoxy groups -OCH3 is 1. The van der Waals surface area contributed by atoms with Crippen LogP contribution in [0.5, 0.6) is 0 Å². The van der Waals surface area contributed by atoms with E-state index in [2.05, 4.69) is 4.98 Å². The quantitative estimate of drug-likeness (QED) is 0.616. The molecule has 1 heterocycles. The summed E-state index contributed by atoms with van der Waals surface area (Å²) in [5, 5.41) is 8.58. The number of aliphatic carboxylic acids is 1. The Bertz CT molecular complexity index is 752. The Kier molecular flexibility index (Phi) is 5.78. The summed E-state index contributed by atoms with van der Waals surface area (Å²) >= 11 is 0. The van der Waals surface area contributed by atoms with Crippen LogP contribution in [0.4, 0.5) is 0 Å². The summed E-state index contributed by atoms with van der Waals surface area (Å²) in [7, 11) is 1.35. The van der Waals surface area contributed by atoms with Gasteiger partial charge in [0.1, 0.15) is 0 Å². The van der Waals surface area contributed by atoms with E-state index in [1.165, 1.54) is 7.11 Å². The highest BCUT2D eigenvalue weighted by Crippen LogP contribution is 2.14. The molecule has 124 valence electrons. The molecule has 1 N–H and O–H groups in total. The van der Waals surface area contributed by atoms with Crippen molar-refractivity contribution >= 4 is 17.7 Å². The van der Waals surface area contributed by atoms with Gasteiger partial charge in [-0.2, -0.15) is 0 Å². The summed E-state index contributed by atoms with van der Waals surface area (Å²) in [5.74, 6) is -2.71. The van der Waals surface area contributed by atoms with Gasteiger partial charge in [-0.05, 0) is 36.1 Å². The number of hydrogen-bond acceptors (Lipinski definition) is 5. The fraction of sp³-hybridized carbons (Fsp3) is 0.222. The summed E-state index contributed by atoms with van der Waals surface area (Å²) in [6.07, 6.45) is 2.69. The largest absolute Gasteiger partial charge is 0.475 e. The van der Waals surface area contributed by atoms with Crippen molar-refractivity contribution < 1.29 is 24.2 Å². The predicted octanol–water partition coefficient (Wildman–Crippen LogP) is 1.85. The number of benzene rings is 1. The topological polar surface area (TPSA) is 93.6 Å².